The fraction of sp³-hybridized carbons (Fsp3) is 0.741. The minimum Gasteiger partial charge on any atom is -0.458 e. The number of fused-ring (bicyclic) bond motifs is 2. The second-order valence-corrected chi connectivity index (χ2v) is 24.5. The van der Waals surface area contributed by atoms with Crippen LogP contribution in [0, 0.1) is 34.5 Å². The van der Waals surface area contributed by atoms with E-state index in [2.05, 4.69) is 16.9 Å². The summed E-state index contributed by atoms with van der Waals surface area (Å²) < 4.78 is 23.8. The maximum absolute atomic E-state index is 13.2. The van der Waals surface area contributed by atoms with Gasteiger partial charge in [-0.15, -0.1) is 22.7 Å². The molecule has 0 bridgehead atoms. The van der Waals surface area contributed by atoms with Crippen LogP contribution in [0.1, 0.15) is 169 Å². The standard InChI is InChI=1S/C27H42N2O6S.C27H41NO7S/c1-15-8-7-9-27(6)21(35-27)11-19(16(2)10-18-14-36-22(13-28)29-18)34-23(31)12-20(30)26(4,5)25(33)17(3)24(15)32;1-15-8-7-9-27(6)21(35-27)11-19(16(2)10-18-14-36-22(13-29)28-18)34-23(31)12-20(30)26(4,5)25(33)17(3)24(15)32/h10,14-15,17,19-21,24,30,32H,7-9,11-13,28H2,1-6H3;10,14-15,17,19-21,24,29-30,32H,7-9,11-13H2,1-6H3/b2*16-10+/t2*15-,17+,19?,20-,21?,24-,27+/m00/s1. The molecule has 4 fully saturated rings. The topological polar surface area (TPSA) is 265 Å². The molecule has 0 aromatic carbocycles. The van der Waals surface area contributed by atoms with Crippen LogP contribution in [0.4, 0.5) is 0 Å². The van der Waals surface area contributed by atoms with Crippen LogP contribution < -0.4 is 5.73 Å². The number of thiazole rings is 2. The zero-order chi connectivity index (χ0) is 53.7. The SMILES string of the molecule is C/C(=C\c1csc(CN)n1)C1CC2O[C@]2(C)CCC[C@H](C)[C@H](O)[C@@H](C)C(=O)C(C)(C)[C@@H](O)CC(=O)O1.C/C(=C\c1csc(CO)n1)C1CC2O[C@]2(C)CCC[C@H](C)[C@H](O)[C@@H](C)C(=O)C(C)(C)[C@@H](O)CC(=O)O1. The first kappa shape index (κ1) is 59.6. The van der Waals surface area contributed by atoms with Crippen LogP contribution in [0.5, 0.6) is 0 Å². The summed E-state index contributed by atoms with van der Waals surface area (Å²) in [5, 5.41) is 57.9. The number of ether oxygens (including phenoxy) is 4. The van der Waals surface area contributed by atoms with Gasteiger partial charge >= 0.3 is 11.9 Å². The number of esters is 2. The zero-order valence-corrected chi connectivity index (χ0v) is 46.1. The fourth-order valence-corrected chi connectivity index (χ4v) is 11.4. The Balaban J connectivity index is 0.000000267. The van der Waals surface area contributed by atoms with Crippen LogP contribution in [-0.2, 0) is 51.3 Å². The molecule has 7 N–H and O–H groups in total. The number of nitrogens with two attached hydrogens (primary N) is 1. The van der Waals surface area contributed by atoms with Gasteiger partial charge in [-0.2, -0.15) is 0 Å². The Morgan fingerprint density at radius 2 is 1.04 bits per heavy atom. The Morgan fingerprint density at radius 3 is 1.39 bits per heavy atom. The van der Waals surface area contributed by atoms with E-state index in [0.717, 1.165) is 60.4 Å². The Morgan fingerprint density at radius 1 is 0.667 bits per heavy atom. The normalized spacial score (nSPS) is 36.8. The zero-order valence-electron chi connectivity index (χ0n) is 44.5. The predicted octanol–water partition coefficient (Wildman–Crippen LogP) is 7.29. The van der Waals surface area contributed by atoms with E-state index in [1.165, 1.54) is 22.7 Å². The highest BCUT2D eigenvalue weighted by molar-refractivity contribution is 7.10. The summed E-state index contributed by atoms with van der Waals surface area (Å²) in [6.07, 6.45) is 3.40. The third-order valence-electron chi connectivity index (χ3n) is 16.0. The van der Waals surface area contributed by atoms with Gasteiger partial charge in [-0.1, -0.05) is 68.2 Å². The molecule has 18 heteroatoms. The second kappa shape index (κ2) is 24.6. The molecule has 404 valence electrons. The van der Waals surface area contributed by atoms with Crippen LogP contribution in [0.3, 0.4) is 0 Å². The molecule has 14 atom stereocenters. The highest BCUT2D eigenvalue weighted by atomic mass is 32.1. The average molecular weight is 1050 g/mol. The van der Waals surface area contributed by atoms with Crippen LogP contribution in [-0.4, -0.2) is 119 Å². The van der Waals surface area contributed by atoms with E-state index in [9.17, 15) is 44.7 Å². The van der Waals surface area contributed by atoms with Gasteiger partial charge in [0.2, 0.25) is 0 Å². The minimum absolute atomic E-state index is 0.0660. The number of aliphatic hydroxyl groups excluding tert-OH is 5. The van der Waals surface area contributed by atoms with Crippen molar-refractivity contribution >= 4 is 58.3 Å². The molecule has 0 spiro atoms. The van der Waals surface area contributed by atoms with Crippen molar-refractivity contribution in [3.8, 4) is 0 Å². The molecule has 4 aliphatic rings. The van der Waals surface area contributed by atoms with Crippen molar-refractivity contribution < 1.29 is 63.7 Å². The number of carbonyl (C=O) groups is 4. The summed E-state index contributed by atoms with van der Waals surface area (Å²) >= 11 is 2.83. The Bertz CT molecular complexity index is 2100. The number of ketones is 2. The van der Waals surface area contributed by atoms with Gasteiger partial charge in [-0.3, -0.25) is 19.2 Å². The number of Topliss-reactive ketones (excluding diaryl/α,β-unsaturated/α-hetero) is 2. The molecule has 0 aliphatic carbocycles. The Kier molecular flexibility index (Phi) is 20.3. The third-order valence-corrected chi connectivity index (χ3v) is 17.8. The first-order chi connectivity index (χ1) is 33.6. The van der Waals surface area contributed by atoms with E-state index in [1.54, 1.807) is 41.5 Å². The highest BCUT2D eigenvalue weighted by Crippen LogP contribution is 2.47. The van der Waals surface area contributed by atoms with Crippen LogP contribution in [0.25, 0.3) is 12.2 Å². The molecule has 4 unspecified atom stereocenters. The van der Waals surface area contributed by atoms with E-state index in [0.29, 0.717) is 30.1 Å². The number of rotatable bonds is 6. The fourth-order valence-electron chi connectivity index (χ4n) is 10.2. The average Bonchev–Trinajstić information content (AvgIpc) is 3.92. The summed E-state index contributed by atoms with van der Waals surface area (Å²) in [5.41, 5.74) is 5.64. The number of carbonyl (C=O) groups excluding carboxylic acids is 4. The smallest absolute Gasteiger partial charge is 0.309 e. The van der Waals surface area contributed by atoms with Crippen LogP contribution in [0.2, 0.25) is 0 Å². The van der Waals surface area contributed by atoms with Gasteiger partial charge in [0.15, 0.2) is 0 Å². The number of hydrogen-bond acceptors (Lipinski definition) is 18. The molecule has 4 aliphatic heterocycles. The van der Waals surface area contributed by atoms with E-state index >= 15 is 0 Å². The number of aliphatic hydroxyl groups is 5. The van der Waals surface area contributed by atoms with E-state index in [4.69, 9.17) is 24.7 Å². The van der Waals surface area contributed by atoms with Gasteiger partial charge in [0.1, 0.15) is 33.8 Å². The molecular formula is C54H83N3O13S2. The van der Waals surface area contributed by atoms with Crippen molar-refractivity contribution in [3.63, 3.8) is 0 Å². The van der Waals surface area contributed by atoms with Crippen molar-refractivity contribution in [3.05, 3.63) is 43.3 Å². The summed E-state index contributed by atoms with van der Waals surface area (Å²) in [7, 11) is 0. The van der Waals surface area contributed by atoms with Crippen LogP contribution >= 0.6 is 22.7 Å². The lowest BCUT2D eigenvalue weighted by Crippen LogP contribution is -2.45. The van der Waals surface area contributed by atoms with Crippen molar-refractivity contribution in [2.75, 3.05) is 0 Å². The van der Waals surface area contributed by atoms with Crippen LogP contribution in [0.15, 0.2) is 21.9 Å². The molecule has 2 aromatic rings. The van der Waals surface area contributed by atoms with Crippen molar-refractivity contribution in [1.82, 2.24) is 9.97 Å². The number of epoxide rings is 2. The van der Waals surface area contributed by atoms with E-state index in [1.807, 2.05) is 57.5 Å². The molecular weight excluding hydrogens is 963 g/mol. The first-order valence-corrected chi connectivity index (χ1v) is 27.4. The molecule has 4 saturated heterocycles. The Labute approximate surface area is 434 Å². The largest absolute Gasteiger partial charge is 0.458 e. The van der Waals surface area contributed by atoms with Crippen molar-refractivity contribution in [2.24, 2.45) is 40.2 Å². The molecule has 16 nitrogen and oxygen atoms in total. The minimum atomic E-state index is -1.26. The first-order valence-electron chi connectivity index (χ1n) is 25.7. The van der Waals surface area contributed by atoms with Gasteiger partial charge in [-0.25, -0.2) is 9.97 Å². The summed E-state index contributed by atoms with van der Waals surface area (Å²) in [4.78, 5) is 61.2. The van der Waals surface area contributed by atoms with E-state index < -0.39 is 71.2 Å². The number of hydrogen-bond donors (Lipinski definition) is 6. The summed E-state index contributed by atoms with van der Waals surface area (Å²) in [6, 6.07) is 0. The molecule has 2 aromatic heterocycles. The lowest BCUT2D eigenvalue weighted by molar-refractivity contribution is -0.156. The maximum Gasteiger partial charge on any atom is 0.309 e. The molecule has 0 saturated carbocycles. The third kappa shape index (κ3) is 15.0. The predicted molar refractivity (Wildman–Crippen MR) is 276 cm³/mol. The van der Waals surface area contributed by atoms with Gasteiger partial charge in [0.25, 0.3) is 0 Å². The van der Waals surface area contributed by atoms with Gasteiger partial charge in [0, 0.05) is 42.0 Å². The molecule has 6 rings (SSSR count). The van der Waals surface area contributed by atoms with E-state index in [-0.39, 0.29) is 66.3 Å². The molecule has 0 amide bonds. The second-order valence-electron chi connectivity index (χ2n) is 22.6. The van der Waals surface area contributed by atoms with Gasteiger partial charge in [-0.05, 0) is 88.5 Å². The number of nitrogens with zero attached hydrogens (tertiary/aromatic N) is 2. The number of cyclic esters (lactones) is 2. The lowest BCUT2D eigenvalue weighted by Gasteiger charge is -2.34. The maximum atomic E-state index is 13.2. The number of aromatic nitrogens is 2. The quantitative estimate of drug-likeness (QED) is 0.123. The monoisotopic (exact) mass is 1050 g/mol. The lowest BCUT2D eigenvalue weighted by atomic mass is 9.73. The van der Waals surface area contributed by atoms with Crippen molar-refractivity contribution in [2.45, 2.75) is 220 Å². The van der Waals surface area contributed by atoms with Crippen molar-refractivity contribution in [1.29, 1.82) is 0 Å². The molecule has 72 heavy (non-hydrogen) atoms. The summed E-state index contributed by atoms with van der Waals surface area (Å²) in [6.45, 7) is 21.8. The summed E-state index contributed by atoms with van der Waals surface area (Å²) in [5.74, 6) is -3.23. The molecule has 6 heterocycles. The van der Waals surface area contributed by atoms with Gasteiger partial charge in [0.05, 0.1) is 89.5 Å². The van der Waals surface area contributed by atoms with Gasteiger partial charge < -0.3 is 50.2 Å². The highest BCUT2D eigenvalue weighted by Gasteiger charge is 2.54. The molecule has 0 radical (unpaired) electrons. The Hall–Kier alpha value is -3.30.